The molecule has 0 N–H and O–H groups in total. The molecule has 0 bridgehead atoms. The van der Waals surface area contributed by atoms with Crippen LogP contribution in [0.4, 0.5) is 0 Å². The average molecular weight is 349 g/mol. The summed E-state index contributed by atoms with van der Waals surface area (Å²) < 4.78 is 12.3. The second-order valence-electron chi connectivity index (χ2n) is 6.25. The van der Waals surface area contributed by atoms with Crippen molar-refractivity contribution in [1.82, 2.24) is 0 Å². The second kappa shape index (κ2) is 6.45. The van der Waals surface area contributed by atoms with Gasteiger partial charge >= 0.3 is 0 Å². The summed E-state index contributed by atoms with van der Waals surface area (Å²) in [6.45, 7) is 1.53. The topological polar surface area (TPSA) is 18.5 Å². The van der Waals surface area contributed by atoms with Gasteiger partial charge in [-0.15, -0.1) is 0 Å². The standard InChI is InChI=1S/C19H18Cl2O2/c20-14-6-7-15(16(21)10-14)19-17-13(8-9-22-19)11-23-18(17)12-4-2-1-3-5-12/h1-7,10,13,17-19H,8-9,11H2/t13-,17+,18-,19+/m0/s1. The molecule has 0 aliphatic carbocycles. The van der Waals surface area contributed by atoms with Gasteiger partial charge in [0.1, 0.15) is 0 Å². The summed E-state index contributed by atoms with van der Waals surface area (Å²) in [5.41, 5.74) is 2.22. The number of rotatable bonds is 2. The fraction of sp³-hybridized carbons (Fsp3) is 0.368. The highest BCUT2D eigenvalue weighted by Crippen LogP contribution is 2.51. The van der Waals surface area contributed by atoms with Gasteiger partial charge < -0.3 is 9.47 Å². The van der Waals surface area contributed by atoms with Gasteiger partial charge in [-0.2, -0.15) is 0 Å². The van der Waals surface area contributed by atoms with Crippen molar-refractivity contribution in [3.63, 3.8) is 0 Å². The van der Waals surface area contributed by atoms with E-state index in [0.717, 1.165) is 25.2 Å². The number of benzene rings is 2. The minimum atomic E-state index is -0.0498. The molecule has 2 aliphatic heterocycles. The first-order valence-corrected chi connectivity index (χ1v) is 8.73. The van der Waals surface area contributed by atoms with Crippen LogP contribution in [0.3, 0.4) is 0 Å². The number of halogens is 2. The van der Waals surface area contributed by atoms with Crippen molar-refractivity contribution < 1.29 is 9.47 Å². The van der Waals surface area contributed by atoms with E-state index in [1.54, 1.807) is 6.07 Å². The molecule has 4 heteroatoms. The third-order valence-corrected chi connectivity index (χ3v) is 5.48. The van der Waals surface area contributed by atoms with Crippen molar-refractivity contribution >= 4 is 23.2 Å². The van der Waals surface area contributed by atoms with Crippen LogP contribution in [0.25, 0.3) is 0 Å². The average Bonchev–Trinajstić information content (AvgIpc) is 3.00. The minimum absolute atomic E-state index is 0.0498. The third kappa shape index (κ3) is 2.89. The van der Waals surface area contributed by atoms with Crippen LogP contribution < -0.4 is 0 Å². The van der Waals surface area contributed by atoms with Crippen LogP contribution in [0.2, 0.25) is 10.0 Å². The maximum atomic E-state index is 6.44. The van der Waals surface area contributed by atoms with Gasteiger partial charge in [-0.3, -0.25) is 0 Å². The molecule has 23 heavy (non-hydrogen) atoms. The zero-order chi connectivity index (χ0) is 15.8. The van der Waals surface area contributed by atoms with Crippen molar-refractivity contribution in [2.75, 3.05) is 13.2 Å². The van der Waals surface area contributed by atoms with Gasteiger partial charge in [0.2, 0.25) is 0 Å². The van der Waals surface area contributed by atoms with Crippen LogP contribution in [0.1, 0.15) is 29.8 Å². The molecule has 0 radical (unpaired) electrons. The Hall–Kier alpha value is -1.06. The van der Waals surface area contributed by atoms with Gasteiger partial charge in [0.25, 0.3) is 0 Å². The van der Waals surface area contributed by atoms with Crippen molar-refractivity contribution in [2.45, 2.75) is 18.6 Å². The van der Waals surface area contributed by atoms with Crippen molar-refractivity contribution in [1.29, 1.82) is 0 Å². The molecule has 2 nitrogen and oxygen atoms in total. The van der Waals surface area contributed by atoms with E-state index in [1.807, 2.05) is 18.2 Å². The maximum Gasteiger partial charge on any atom is 0.0899 e. The van der Waals surface area contributed by atoms with Gasteiger partial charge in [-0.1, -0.05) is 59.6 Å². The largest absolute Gasteiger partial charge is 0.373 e. The predicted molar refractivity (Wildman–Crippen MR) is 91.9 cm³/mol. The molecule has 0 aromatic heterocycles. The van der Waals surface area contributed by atoms with Crippen molar-refractivity contribution in [3.8, 4) is 0 Å². The second-order valence-corrected chi connectivity index (χ2v) is 7.09. The molecule has 120 valence electrons. The van der Waals surface area contributed by atoms with E-state index in [-0.39, 0.29) is 18.1 Å². The smallest absolute Gasteiger partial charge is 0.0899 e. The van der Waals surface area contributed by atoms with Crippen LogP contribution in [0, 0.1) is 11.8 Å². The van der Waals surface area contributed by atoms with Crippen LogP contribution in [0.15, 0.2) is 48.5 Å². The Morgan fingerprint density at radius 1 is 0.913 bits per heavy atom. The Bertz CT molecular complexity index is 689. The molecule has 2 fully saturated rings. The molecule has 4 atom stereocenters. The van der Waals surface area contributed by atoms with E-state index < -0.39 is 0 Å². The predicted octanol–water partition coefficient (Wildman–Crippen LogP) is 5.46. The van der Waals surface area contributed by atoms with E-state index in [4.69, 9.17) is 32.7 Å². The lowest BCUT2D eigenvalue weighted by Gasteiger charge is -2.36. The number of hydrogen-bond donors (Lipinski definition) is 0. The molecule has 2 heterocycles. The molecule has 2 aromatic rings. The highest BCUT2D eigenvalue weighted by Gasteiger charge is 2.46. The molecule has 0 spiro atoms. The van der Waals surface area contributed by atoms with Crippen LogP contribution >= 0.6 is 23.2 Å². The number of hydrogen-bond acceptors (Lipinski definition) is 2. The van der Waals surface area contributed by atoms with Gasteiger partial charge in [0.15, 0.2) is 0 Å². The lowest BCUT2D eigenvalue weighted by Crippen LogP contribution is -2.31. The van der Waals surface area contributed by atoms with E-state index in [0.29, 0.717) is 16.0 Å². The summed E-state index contributed by atoms with van der Waals surface area (Å²) in [4.78, 5) is 0. The van der Waals surface area contributed by atoms with Crippen LogP contribution in [-0.2, 0) is 9.47 Å². The fourth-order valence-electron chi connectivity index (χ4n) is 3.83. The van der Waals surface area contributed by atoms with E-state index in [2.05, 4.69) is 24.3 Å². The Labute approximate surface area is 146 Å². The van der Waals surface area contributed by atoms with E-state index >= 15 is 0 Å². The maximum absolute atomic E-state index is 6.44. The Morgan fingerprint density at radius 2 is 1.74 bits per heavy atom. The van der Waals surface area contributed by atoms with Gasteiger partial charge in [0.05, 0.1) is 18.8 Å². The van der Waals surface area contributed by atoms with Crippen molar-refractivity contribution in [2.24, 2.45) is 11.8 Å². The van der Waals surface area contributed by atoms with Gasteiger partial charge in [-0.05, 0) is 35.6 Å². The molecule has 2 saturated heterocycles. The SMILES string of the molecule is Clc1ccc([C@H]2OCC[C@H]3CO[C@@H](c4ccccc4)[C@@H]32)c(Cl)c1. The molecule has 2 aliphatic rings. The molecular weight excluding hydrogens is 331 g/mol. The highest BCUT2D eigenvalue weighted by atomic mass is 35.5. The molecular formula is C19H18Cl2O2. The number of ether oxygens (including phenoxy) is 2. The summed E-state index contributed by atoms with van der Waals surface area (Å²) in [5, 5.41) is 1.32. The molecule has 2 aromatic carbocycles. The molecule has 0 saturated carbocycles. The summed E-state index contributed by atoms with van der Waals surface area (Å²) in [6, 6.07) is 16.0. The number of fused-ring (bicyclic) bond motifs is 1. The highest BCUT2D eigenvalue weighted by molar-refractivity contribution is 6.35. The summed E-state index contributed by atoms with van der Waals surface area (Å²) >= 11 is 12.5. The zero-order valence-corrected chi connectivity index (χ0v) is 14.1. The van der Waals surface area contributed by atoms with Gasteiger partial charge in [0, 0.05) is 22.6 Å². The normalized spacial score (nSPS) is 30.2. The molecule has 0 amide bonds. The monoisotopic (exact) mass is 348 g/mol. The van der Waals surface area contributed by atoms with Gasteiger partial charge in [-0.25, -0.2) is 0 Å². The van der Waals surface area contributed by atoms with E-state index in [1.165, 1.54) is 5.56 Å². The third-order valence-electron chi connectivity index (χ3n) is 4.92. The van der Waals surface area contributed by atoms with Crippen molar-refractivity contribution in [3.05, 3.63) is 69.7 Å². The molecule has 4 rings (SSSR count). The first-order valence-electron chi connectivity index (χ1n) is 7.97. The quantitative estimate of drug-likeness (QED) is 0.717. The lowest BCUT2D eigenvalue weighted by atomic mass is 9.77. The summed E-state index contributed by atoms with van der Waals surface area (Å²) in [7, 11) is 0. The lowest BCUT2D eigenvalue weighted by molar-refractivity contribution is -0.0605. The Morgan fingerprint density at radius 3 is 2.52 bits per heavy atom. The summed E-state index contributed by atoms with van der Waals surface area (Å²) in [6.07, 6.45) is 1.04. The first-order chi connectivity index (χ1) is 11.2. The fourth-order valence-corrected chi connectivity index (χ4v) is 4.34. The molecule has 0 unspecified atom stereocenters. The summed E-state index contributed by atoms with van der Waals surface area (Å²) in [5.74, 6) is 0.788. The minimum Gasteiger partial charge on any atom is -0.373 e. The Balaban J connectivity index is 1.71. The van der Waals surface area contributed by atoms with Crippen LogP contribution in [0.5, 0.6) is 0 Å². The van der Waals surface area contributed by atoms with Crippen LogP contribution in [-0.4, -0.2) is 13.2 Å². The van der Waals surface area contributed by atoms with E-state index in [9.17, 15) is 0 Å². The first kappa shape index (κ1) is 15.5. The zero-order valence-electron chi connectivity index (χ0n) is 12.6. The Kier molecular flexibility index (Phi) is 4.33.